The second-order valence-electron chi connectivity index (χ2n) is 10.1. The summed E-state index contributed by atoms with van der Waals surface area (Å²) in [6.45, 7) is 2.63. The van der Waals surface area contributed by atoms with Crippen molar-refractivity contribution in [3.05, 3.63) is 36.7 Å². The number of benzene rings is 1. The summed E-state index contributed by atoms with van der Waals surface area (Å²) in [5.74, 6) is 0.113. The zero-order chi connectivity index (χ0) is 29.0. The summed E-state index contributed by atoms with van der Waals surface area (Å²) in [5, 5.41) is 17.3. The number of carbonyl (C=O) groups is 1. The number of fused-ring (bicyclic) bond motifs is 2. The Morgan fingerprint density at radius 2 is 2.00 bits per heavy atom. The van der Waals surface area contributed by atoms with Crippen molar-refractivity contribution in [1.29, 1.82) is 0 Å². The Bertz CT molecular complexity index is 1480. The van der Waals surface area contributed by atoms with E-state index in [2.05, 4.69) is 25.4 Å². The molecule has 216 valence electrons. The van der Waals surface area contributed by atoms with Gasteiger partial charge in [-0.15, -0.1) is 0 Å². The van der Waals surface area contributed by atoms with Gasteiger partial charge in [-0.05, 0) is 51.6 Å². The number of anilines is 2. The van der Waals surface area contributed by atoms with E-state index in [1.807, 2.05) is 0 Å². The van der Waals surface area contributed by atoms with Crippen LogP contribution in [0.4, 0.5) is 16.2 Å². The van der Waals surface area contributed by atoms with E-state index >= 15 is 4.39 Å². The van der Waals surface area contributed by atoms with Crippen molar-refractivity contribution in [1.82, 2.24) is 24.6 Å². The molecule has 7 atom stereocenters. The highest BCUT2D eigenvalue weighted by Gasteiger charge is 2.85. The summed E-state index contributed by atoms with van der Waals surface area (Å²) in [7, 11) is 1.64. The van der Waals surface area contributed by atoms with Crippen molar-refractivity contribution in [3.63, 3.8) is 0 Å². The first-order valence-corrected chi connectivity index (χ1v) is 15.2. The van der Waals surface area contributed by atoms with Crippen molar-refractivity contribution >= 4 is 47.3 Å². The standard InChI is InChI=1S/C24H31FN7O6PS/c1-12(2)35-20(33)13(3)31-39(40,37-14-9-7-6-8-10-14)38-17-16-24(17,34)23(4,25)21(36-16)32-11-28-15-18(27-5)29-22(26)30-19(15)32/h6-13,16-17,21,34H,1-5H3,(H,31,40)(H3,26,27,29,30)/t13-,16-,17?,21-,23+,24+,39?/m1/s1. The van der Waals surface area contributed by atoms with Gasteiger partial charge in [0.1, 0.15) is 24.0 Å². The monoisotopic (exact) mass is 595 g/mol. The molecule has 1 aliphatic heterocycles. The van der Waals surface area contributed by atoms with Gasteiger partial charge in [0.15, 0.2) is 34.5 Å². The molecule has 1 aliphatic carbocycles. The molecule has 3 aromatic rings. The smallest absolute Gasteiger partial charge is 0.323 e. The molecule has 1 saturated heterocycles. The van der Waals surface area contributed by atoms with E-state index in [1.165, 1.54) is 17.8 Å². The Labute approximate surface area is 234 Å². The molecule has 0 bridgehead atoms. The number of alkyl halides is 1. The van der Waals surface area contributed by atoms with E-state index in [4.69, 9.17) is 36.1 Å². The van der Waals surface area contributed by atoms with Crippen molar-refractivity contribution < 1.29 is 32.8 Å². The summed E-state index contributed by atoms with van der Waals surface area (Å²) in [5.41, 5.74) is 1.94. The van der Waals surface area contributed by atoms with E-state index in [9.17, 15) is 9.90 Å². The van der Waals surface area contributed by atoms with Crippen molar-refractivity contribution in [3.8, 4) is 5.75 Å². The molecule has 0 spiro atoms. The Kier molecular flexibility index (Phi) is 7.26. The third-order valence-electron chi connectivity index (χ3n) is 6.76. The molecular weight excluding hydrogens is 564 g/mol. The molecule has 5 N–H and O–H groups in total. The molecule has 5 rings (SSSR count). The van der Waals surface area contributed by atoms with E-state index in [0.717, 1.165) is 0 Å². The van der Waals surface area contributed by atoms with Crippen LogP contribution in [0.1, 0.15) is 33.9 Å². The van der Waals surface area contributed by atoms with Gasteiger partial charge < -0.3 is 30.2 Å². The van der Waals surface area contributed by atoms with Crippen LogP contribution in [-0.4, -0.2) is 73.3 Å². The van der Waals surface area contributed by atoms with E-state index in [1.54, 1.807) is 58.2 Å². The fourth-order valence-corrected chi connectivity index (χ4v) is 7.44. The minimum absolute atomic E-state index is 0.0443. The van der Waals surface area contributed by atoms with Crippen LogP contribution in [0, 0.1) is 0 Å². The van der Waals surface area contributed by atoms with Crippen LogP contribution in [0.15, 0.2) is 36.7 Å². The summed E-state index contributed by atoms with van der Waals surface area (Å²) in [6.07, 6.45) is -2.62. The maximum Gasteiger partial charge on any atom is 0.323 e. The molecule has 1 aromatic carbocycles. The molecule has 13 nitrogen and oxygen atoms in total. The average molecular weight is 596 g/mol. The lowest BCUT2D eigenvalue weighted by molar-refractivity contribution is -0.149. The van der Waals surface area contributed by atoms with E-state index < -0.39 is 48.4 Å². The van der Waals surface area contributed by atoms with Crippen molar-refractivity contribution in [2.24, 2.45) is 0 Å². The van der Waals surface area contributed by atoms with E-state index in [-0.39, 0.29) is 17.7 Å². The maximum absolute atomic E-state index is 16.5. The second kappa shape index (κ2) is 10.2. The van der Waals surface area contributed by atoms with Gasteiger partial charge in [0.2, 0.25) is 5.95 Å². The SMILES string of the molecule is CNc1nc(N)nc2c1ncn2[C@@H]1O[C@@H]2C(OP(=S)(N[C@H](C)C(=O)OC(C)C)Oc3ccccc3)[C@]2(O)[C@@]1(C)F. The van der Waals surface area contributed by atoms with Gasteiger partial charge in [-0.25, -0.2) is 14.5 Å². The topological polar surface area (TPSA) is 168 Å². The number of hydrogen-bond donors (Lipinski definition) is 4. The molecular formula is C24H31FN7O6PS. The number of hydrogen-bond acceptors (Lipinski definition) is 12. The first kappa shape index (κ1) is 28.6. The Balaban J connectivity index is 1.40. The molecule has 40 heavy (non-hydrogen) atoms. The number of imidazole rings is 1. The zero-order valence-electron chi connectivity index (χ0n) is 22.4. The number of rotatable bonds is 10. The number of para-hydroxylation sites is 1. The lowest BCUT2D eigenvalue weighted by Gasteiger charge is -2.33. The predicted molar refractivity (Wildman–Crippen MR) is 148 cm³/mol. The Morgan fingerprint density at radius 1 is 1.30 bits per heavy atom. The number of ether oxygens (including phenoxy) is 2. The van der Waals surface area contributed by atoms with Gasteiger partial charge in [0, 0.05) is 7.05 Å². The van der Waals surface area contributed by atoms with Crippen LogP contribution >= 0.6 is 6.64 Å². The normalized spacial score (nSPS) is 29.6. The number of aliphatic hydroxyl groups is 1. The van der Waals surface area contributed by atoms with Crippen LogP contribution < -0.4 is 20.7 Å². The molecule has 16 heteroatoms. The number of halogens is 1. The van der Waals surface area contributed by atoms with Gasteiger partial charge in [-0.2, -0.15) is 9.97 Å². The average Bonchev–Trinajstić information content (AvgIpc) is 3.14. The van der Waals surface area contributed by atoms with Crippen LogP contribution in [0.5, 0.6) is 5.75 Å². The molecule has 0 amide bonds. The lowest BCUT2D eigenvalue weighted by Crippen LogP contribution is -2.45. The van der Waals surface area contributed by atoms with Crippen molar-refractivity contribution in [2.75, 3.05) is 18.1 Å². The van der Waals surface area contributed by atoms with Gasteiger partial charge in [0.25, 0.3) is 0 Å². The first-order chi connectivity index (χ1) is 18.8. The molecule has 2 aliphatic rings. The number of nitrogen functional groups attached to an aromatic ring is 1. The molecule has 2 aromatic heterocycles. The molecule has 1 saturated carbocycles. The summed E-state index contributed by atoms with van der Waals surface area (Å²) in [4.78, 5) is 25.1. The maximum atomic E-state index is 16.5. The Morgan fingerprint density at radius 3 is 2.60 bits per heavy atom. The minimum Gasteiger partial charge on any atom is -0.462 e. The third-order valence-corrected chi connectivity index (χ3v) is 9.22. The summed E-state index contributed by atoms with van der Waals surface area (Å²) >= 11 is 5.73. The van der Waals surface area contributed by atoms with Gasteiger partial charge in [0.05, 0.1) is 12.4 Å². The molecule has 0 radical (unpaired) electrons. The molecule has 2 unspecified atom stereocenters. The Hall–Kier alpha value is -2.94. The number of aromatic nitrogens is 4. The number of nitrogens with one attached hydrogen (secondary N) is 2. The van der Waals surface area contributed by atoms with Gasteiger partial charge in [-0.3, -0.25) is 13.9 Å². The quantitative estimate of drug-likeness (QED) is 0.199. The van der Waals surface area contributed by atoms with Crippen LogP contribution in [0.2, 0.25) is 0 Å². The fraction of sp³-hybridized carbons (Fsp3) is 0.500. The predicted octanol–water partition coefficient (Wildman–Crippen LogP) is 2.44. The lowest BCUT2D eigenvalue weighted by atomic mass is 9.97. The van der Waals surface area contributed by atoms with Crippen LogP contribution in [-0.2, 0) is 30.6 Å². The molecule has 2 fully saturated rings. The number of nitrogens with two attached hydrogens (primary N) is 1. The van der Waals surface area contributed by atoms with Crippen molar-refractivity contribution in [2.45, 2.75) is 69.5 Å². The van der Waals surface area contributed by atoms with Gasteiger partial charge >= 0.3 is 12.6 Å². The third kappa shape index (κ3) is 4.80. The highest BCUT2D eigenvalue weighted by atomic mass is 32.5. The fourth-order valence-electron chi connectivity index (χ4n) is 4.72. The highest BCUT2D eigenvalue weighted by molar-refractivity contribution is 8.09. The number of carbonyl (C=O) groups excluding carboxylic acids is 1. The zero-order valence-corrected chi connectivity index (χ0v) is 24.1. The highest BCUT2D eigenvalue weighted by Crippen LogP contribution is 2.66. The number of nitrogens with zero attached hydrogens (tertiary/aromatic N) is 4. The summed E-state index contributed by atoms with van der Waals surface area (Å²) in [6, 6.07) is 7.68. The summed E-state index contributed by atoms with van der Waals surface area (Å²) < 4.78 is 41.2. The van der Waals surface area contributed by atoms with Crippen LogP contribution in [0.25, 0.3) is 11.2 Å². The minimum atomic E-state index is -3.57. The number of esters is 1. The first-order valence-electron chi connectivity index (χ1n) is 12.6. The van der Waals surface area contributed by atoms with Crippen LogP contribution in [0.3, 0.4) is 0 Å². The molecule has 3 heterocycles. The van der Waals surface area contributed by atoms with Gasteiger partial charge in [-0.1, -0.05) is 18.2 Å². The largest absolute Gasteiger partial charge is 0.462 e. The van der Waals surface area contributed by atoms with E-state index in [0.29, 0.717) is 17.1 Å². The second-order valence-corrected chi connectivity index (χ2v) is 13.2.